The van der Waals surface area contributed by atoms with Gasteiger partial charge in [0.25, 0.3) is 0 Å². The Bertz CT molecular complexity index is 721. The molecule has 126 valence electrons. The molecule has 0 unspecified atom stereocenters. The maximum Gasteiger partial charge on any atom is 0.349 e. The van der Waals surface area contributed by atoms with Crippen LogP contribution in [0, 0.1) is 0 Å². The molecule has 0 saturated heterocycles. The lowest BCUT2D eigenvalue weighted by molar-refractivity contribution is -0.136. The van der Waals surface area contributed by atoms with Crippen molar-refractivity contribution in [3.05, 3.63) is 54.1 Å². The van der Waals surface area contributed by atoms with Gasteiger partial charge in [-0.25, -0.2) is 4.79 Å². The van der Waals surface area contributed by atoms with Crippen molar-refractivity contribution >= 4 is 12.0 Å². The van der Waals surface area contributed by atoms with E-state index in [-0.39, 0.29) is 6.61 Å². The number of ether oxygens (including phenoxy) is 4. The Kier molecular flexibility index (Phi) is 6.25. The SMILES string of the molecule is C/C=C/c1ccc(OCC(=O)Oc2ccccc2OC)c(OC)c1. The third kappa shape index (κ3) is 4.52. The molecule has 0 aliphatic rings. The smallest absolute Gasteiger partial charge is 0.349 e. The molecule has 0 N–H and O–H groups in total. The lowest BCUT2D eigenvalue weighted by atomic mass is 10.2. The molecule has 0 radical (unpaired) electrons. The normalized spacial score (nSPS) is 10.5. The van der Waals surface area contributed by atoms with Crippen LogP contribution in [0.3, 0.4) is 0 Å². The summed E-state index contributed by atoms with van der Waals surface area (Å²) in [5, 5.41) is 0. The van der Waals surface area contributed by atoms with Gasteiger partial charge in [0.1, 0.15) is 0 Å². The van der Waals surface area contributed by atoms with E-state index < -0.39 is 5.97 Å². The highest BCUT2D eigenvalue weighted by Crippen LogP contribution is 2.29. The second-order valence-corrected chi connectivity index (χ2v) is 4.82. The molecule has 0 amide bonds. The zero-order valence-electron chi connectivity index (χ0n) is 13.9. The van der Waals surface area contributed by atoms with Gasteiger partial charge in [0.2, 0.25) is 0 Å². The van der Waals surface area contributed by atoms with E-state index in [0.29, 0.717) is 23.0 Å². The molecular weight excluding hydrogens is 308 g/mol. The molecule has 0 bridgehead atoms. The topological polar surface area (TPSA) is 54.0 Å². The van der Waals surface area contributed by atoms with Gasteiger partial charge >= 0.3 is 5.97 Å². The highest BCUT2D eigenvalue weighted by molar-refractivity contribution is 5.75. The van der Waals surface area contributed by atoms with Crippen LogP contribution in [0.4, 0.5) is 0 Å². The first-order chi connectivity index (χ1) is 11.7. The van der Waals surface area contributed by atoms with E-state index in [2.05, 4.69) is 0 Å². The number of hydrogen-bond donors (Lipinski definition) is 0. The average molecular weight is 328 g/mol. The molecule has 0 aliphatic heterocycles. The minimum atomic E-state index is -0.529. The molecule has 5 nitrogen and oxygen atoms in total. The van der Waals surface area contributed by atoms with Crippen LogP contribution in [0.15, 0.2) is 48.5 Å². The maximum absolute atomic E-state index is 12.0. The summed E-state index contributed by atoms with van der Waals surface area (Å²) in [6.45, 7) is 1.70. The molecule has 5 heteroatoms. The fourth-order valence-electron chi connectivity index (χ4n) is 2.09. The minimum Gasteiger partial charge on any atom is -0.493 e. The summed E-state index contributed by atoms with van der Waals surface area (Å²) in [6.07, 6.45) is 3.88. The van der Waals surface area contributed by atoms with E-state index in [1.807, 2.05) is 31.2 Å². The number of hydrogen-bond acceptors (Lipinski definition) is 5. The molecule has 0 spiro atoms. The molecule has 0 aliphatic carbocycles. The first-order valence-corrected chi connectivity index (χ1v) is 7.45. The molecule has 2 rings (SSSR count). The lowest BCUT2D eigenvalue weighted by Crippen LogP contribution is -2.18. The van der Waals surface area contributed by atoms with Crippen molar-refractivity contribution in [3.8, 4) is 23.0 Å². The zero-order chi connectivity index (χ0) is 17.4. The van der Waals surface area contributed by atoms with Crippen molar-refractivity contribution < 1.29 is 23.7 Å². The van der Waals surface area contributed by atoms with E-state index in [0.717, 1.165) is 5.56 Å². The van der Waals surface area contributed by atoms with Gasteiger partial charge in [-0.15, -0.1) is 0 Å². The van der Waals surface area contributed by atoms with Crippen molar-refractivity contribution in [2.75, 3.05) is 20.8 Å². The number of allylic oxidation sites excluding steroid dienone is 1. The van der Waals surface area contributed by atoms with Crippen LogP contribution in [-0.2, 0) is 4.79 Å². The average Bonchev–Trinajstić information content (AvgIpc) is 2.61. The van der Waals surface area contributed by atoms with Crippen LogP contribution >= 0.6 is 0 Å². The van der Waals surface area contributed by atoms with Gasteiger partial charge in [-0.3, -0.25) is 0 Å². The van der Waals surface area contributed by atoms with Crippen molar-refractivity contribution in [1.82, 2.24) is 0 Å². The third-order valence-electron chi connectivity index (χ3n) is 3.19. The number of rotatable bonds is 7. The standard InChI is InChI=1S/C19H20O5/c1-4-7-14-10-11-16(18(12-14)22-3)23-13-19(20)24-17-9-6-5-8-15(17)21-2/h4-12H,13H2,1-3H3/b7-4+. The summed E-state index contributed by atoms with van der Waals surface area (Å²) in [7, 11) is 3.06. The van der Waals surface area contributed by atoms with Crippen LogP contribution in [0.2, 0.25) is 0 Å². The van der Waals surface area contributed by atoms with Crippen molar-refractivity contribution in [3.63, 3.8) is 0 Å². The van der Waals surface area contributed by atoms with Gasteiger partial charge in [0.15, 0.2) is 29.6 Å². The Balaban J connectivity index is 2.01. The number of methoxy groups -OCH3 is 2. The largest absolute Gasteiger partial charge is 0.493 e. The highest BCUT2D eigenvalue weighted by atomic mass is 16.6. The van der Waals surface area contributed by atoms with Crippen molar-refractivity contribution in [1.29, 1.82) is 0 Å². The van der Waals surface area contributed by atoms with Gasteiger partial charge in [0.05, 0.1) is 14.2 Å². The first kappa shape index (κ1) is 17.4. The molecule has 2 aromatic rings. The minimum absolute atomic E-state index is 0.239. The molecule has 0 aromatic heterocycles. The van der Waals surface area contributed by atoms with Gasteiger partial charge in [-0.1, -0.05) is 30.4 Å². The molecule has 2 aromatic carbocycles. The molecule has 24 heavy (non-hydrogen) atoms. The van der Waals surface area contributed by atoms with Crippen LogP contribution in [0.5, 0.6) is 23.0 Å². The quantitative estimate of drug-likeness (QED) is 0.573. The maximum atomic E-state index is 12.0. The fraction of sp³-hybridized carbons (Fsp3) is 0.211. The lowest BCUT2D eigenvalue weighted by Gasteiger charge is -2.12. The monoisotopic (exact) mass is 328 g/mol. The predicted molar refractivity (Wildman–Crippen MR) is 91.8 cm³/mol. The van der Waals surface area contributed by atoms with Crippen molar-refractivity contribution in [2.45, 2.75) is 6.92 Å². The third-order valence-corrected chi connectivity index (χ3v) is 3.19. The van der Waals surface area contributed by atoms with Crippen LogP contribution in [0.1, 0.15) is 12.5 Å². The number of carbonyl (C=O) groups excluding carboxylic acids is 1. The molecule has 0 atom stereocenters. The summed E-state index contributed by atoms with van der Waals surface area (Å²) in [5.74, 6) is 1.33. The van der Waals surface area contributed by atoms with Crippen LogP contribution in [-0.4, -0.2) is 26.8 Å². The molecule has 0 saturated carbocycles. The molecular formula is C19H20O5. The fourth-order valence-corrected chi connectivity index (χ4v) is 2.09. The Morgan fingerprint density at radius 2 is 1.67 bits per heavy atom. The summed E-state index contributed by atoms with van der Waals surface area (Å²) in [6, 6.07) is 12.4. The van der Waals surface area contributed by atoms with Gasteiger partial charge in [-0.2, -0.15) is 0 Å². The Morgan fingerprint density at radius 1 is 0.958 bits per heavy atom. The first-order valence-electron chi connectivity index (χ1n) is 7.45. The second-order valence-electron chi connectivity index (χ2n) is 4.82. The molecule has 0 heterocycles. The molecule has 0 fully saturated rings. The van der Waals surface area contributed by atoms with Crippen molar-refractivity contribution in [2.24, 2.45) is 0 Å². The predicted octanol–water partition coefficient (Wildman–Crippen LogP) is 3.72. The van der Waals surface area contributed by atoms with E-state index in [1.54, 1.807) is 37.4 Å². The van der Waals surface area contributed by atoms with E-state index >= 15 is 0 Å². The van der Waals surface area contributed by atoms with Gasteiger partial charge in [0, 0.05) is 0 Å². The van der Waals surface area contributed by atoms with Gasteiger partial charge in [-0.05, 0) is 36.8 Å². The Hall–Kier alpha value is -2.95. The Morgan fingerprint density at radius 3 is 2.33 bits per heavy atom. The summed E-state index contributed by atoms with van der Waals surface area (Å²) >= 11 is 0. The van der Waals surface area contributed by atoms with Crippen LogP contribution < -0.4 is 18.9 Å². The van der Waals surface area contributed by atoms with E-state index in [4.69, 9.17) is 18.9 Å². The Labute approximate surface area is 141 Å². The zero-order valence-corrected chi connectivity index (χ0v) is 13.9. The summed E-state index contributed by atoms with van der Waals surface area (Å²) in [5.41, 5.74) is 0.985. The van der Waals surface area contributed by atoms with E-state index in [1.165, 1.54) is 7.11 Å². The summed E-state index contributed by atoms with van der Waals surface area (Å²) < 4.78 is 21.2. The van der Waals surface area contributed by atoms with Gasteiger partial charge < -0.3 is 18.9 Å². The second kappa shape index (κ2) is 8.62. The number of esters is 1. The summed E-state index contributed by atoms with van der Waals surface area (Å²) in [4.78, 5) is 12.0. The number of para-hydroxylation sites is 2. The number of benzene rings is 2. The number of carbonyl (C=O) groups is 1. The highest BCUT2D eigenvalue weighted by Gasteiger charge is 2.12. The van der Waals surface area contributed by atoms with Crippen LogP contribution in [0.25, 0.3) is 6.08 Å². The van der Waals surface area contributed by atoms with E-state index in [9.17, 15) is 4.79 Å².